The molecule has 0 saturated heterocycles. The largest absolute Gasteiger partial charge is 0.444 e. The zero-order valence-corrected chi connectivity index (χ0v) is 19.7. The number of hydrogen-bond donors (Lipinski definition) is 1. The highest BCUT2D eigenvalue weighted by Crippen LogP contribution is 2.25. The number of nitrogens with one attached hydrogen (secondary N) is 1. The summed E-state index contributed by atoms with van der Waals surface area (Å²) in [5, 5.41) is 9.72. The maximum Gasteiger partial charge on any atom is 0.408 e. The van der Waals surface area contributed by atoms with Crippen molar-refractivity contribution in [2.24, 2.45) is 0 Å². The van der Waals surface area contributed by atoms with Gasteiger partial charge in [-0.2, -0.15) is 4.98 Å². The van der Waals surface area contributed by atoms with Crippen LogP contribution in [0, 0.1) is 0 Å². The summed E-state index contributed by atoms with van der Waals surface area (Å²) in [6, 6.07) is 1.77. The number of aromatic nitrogens is 4. The molecule has 0 atom stereocenters. The highest BCUT2D eigenvalue weighted by molar-refractivity contribution is 7.98. The van der Waals surface area contributed by atoms with Crippen LogP contribution in [0.2, 0.25) is 0 Å². The Balaban J connectivity index is 1.74. The van der Waals surface area contributed by atoms with Gasteiger partial charge in [0, 0.05) is 6.54 Å². The maximum atomic E-state index is 12.7. The van der Waals surface area contributed by atoms with Crippen molar-refractivity contribution in [3.05, 3.63) is 46.2 Å². The van der Waals surface area contributed by atoms with Gasteiger partial charge in [0.25, 0.3) is 5.56 Å². The summed E-state index contributed by atoms with van der Waals surface area (Å²) < 4.78 is 12.2. The highest BCUT2D eigenvalue weighted by atomic mass is 32.2. The molecule has 1 amide bonds. The van der Waals surface area contributed by atoms with Crippen molar-refractivity contribution in [1.29, 1.82) is 0 Å². The minimum atomic E-state index is -0.895. The molecule has 166 valence electrons. The topological polar surface area (TPSA) is 112 Å². The smallest absolute Gasteiger partial charge is 0.408 e. The van der Waals surface area contributed by atoms with Gasteiger partial charge in [-0.25, -0.2) is 9.78 Å². The molecule has 31 heavy (non-hydrogen) atoms. The van der Waals surface area contributed by atoms with E-state index in [9.17, 15) is 9.59 Å². The minimum absolute atomic E-state index is 0.109. The number of thiophene rings is 1. The molecular formula is C20H25N5O4S2. The van der Waals surface area contributed by atoms with Crippen LogP contribution in [-0.4, -0.2) is 31.4 Å². The van der Waals surface area contributed by atoms with Crippen molar-refractivity contribution in [3.8, 4) is 0 Å². The lowest BCUT2D eigenvalue weighted by molar-refractivity contribution is 0.0465. The predicted molar refractivity (Wildman–Crippen MR) is 120 cm³/mol. The zero-order valence-electron chi connectivity index (χ0n) is 18.1. The van der Waals surface area contributed by atoms with E-state index in [0.29, 0.717) is 39.4 Å². The molecule has 0 aromatic carbocycles. The van der Waals surface area contributed by atoms with Crippen molar-refractivity contribution < 1.29 is 14.1 Å². The summed E-state index contributed by atoms with van der Waals surface area (Å²) >= 11 is 2.73. The Morgan fingerprint density at radius 3 is 2.77 bits per heavy atom. The second-order valence-corrected chi connectivity index (χ2v) is 10.1. The quantitative estimate of drug-likeness (QED) is 0.317. The average Bonchev–Trinajstić information content (AvgIpc) is 3.30. The van der Waals surface area contributed by atoms with Crippen molar-refractivity contribution >= 4 is 39.4 Å². The molecule has 0 fully saturated rings. The van der Waals surface area contributed by atoms with Gasteiger partial charge in [-0.3, -0.25) is 9.36 Å². The number of ether oxygens (including phenoxy) is 1. The Kier molecular flexibility index (Phi) is 6.56. The van der Waals surface area contributed by atoms with E-state index in [-0.39, 0.29) is 5.56 Å². The first-order valence-electron chi connectivity index (χ1n) is 9.56. The Morgan fingerprint density at radius 1 is 1.35 bits per heavy atom. The SMILES string of the molecule is C=CCn1c(SCc2nc(C(C)(C)NC(=O)OC(C)(C)C)no2)nc2sccc2c1=O. The van der Waals surface area contributed by atoms with Crippen molar-refractivity contribution in [1.82, 2.24) is 25.0 Å². The molecular weight excluding hydrogens is 438 g/mol. The number of allylic oxidation sites excluding steroid dienone is 1. The summed E-state index contributed by atoms with van der Waals surface area (Å²) in [7, 11) is 0. The van der Waals surface area contributed by atoms with Crippen LogP contribution < -0.4 is 10.9 Å². The average molecular weight is 464 g/mol. The van der Waals surface area contributed by atoms with Gasteiger partial charge in [-0.05, 0) is 46.1 Å². The number of nitrogens with zero attached hydrogens (tertiary/aromatic N) is 4. The number of carbonyl (C=O) groups excluding carboxylic acids is 1. The van der Waals surface area contributed by atoms with E-state index in [0.717, 1.165) is 0 Å². The van der Waals surface area contributed by atoms with Gasteiger partial charge in [-0.15, -0.1) is 17.9 Å². The first kappa shape index (κ1) is 23.0. The van der Waals surface area contributed by atoms with Gasteiger partial charge >= 0.3 is 6.09 Å². The molecule has 3 aromatic heterocycles. The van der Waals surface area contributed by atoms with Gasteiger partial charge in [0.15, 0.2) is 11.0 Å². The molecule has 3 rings (SSSR count). The second-order valence-electron chi connectivity index (χ2n) is 8.29. The lowest BCUT2D eigenvalue weighted by Crippen LogP contribution is -2.44. The van der Waals surface area contributed by atoms with E-state index in [1.54, 1.807) is 51.3 Å². The van der Waals surface area contributed by atoms with Crippen LogP contribution in [0.5, 0.6) is 0 Å². The number of fused-ring (bicyclic) bond motifs is 1. The van der Waals surface area contributed by atoms with Crippen molar-refractivity contribution in [2.75, 3.05) is 0 Å². The van der Waals surface area contributed by atoms with Crippen LogP contribution in [-0.2, 0) is 22.6 Å². The molecule has 0 saturated carbocycles. The molecule has 0 aliphatic rings. The molecule has 0 aliphatic heterocycles. The monoisotopic (exact) mass is 463 g/mol. The Morgan fingerprint density at radius 2 is 2.10 bits per heavy atom. The van der Waals surface area contributed by atoms with E-state index < -0.39 is 17.2 Å². The number of amides is 1. The molecule has 0 aliphatic carbocycles. The predicted octanol–water partition coefficient (Wildman–Crippen LogP) is 4.08. The Hall–Kier alpha value is -2.66. The molecule has 11 heteroatoms. The van der Waals surface area contributed by atoms with Crippen LogP contribution in [0.15, 0.2) is 38.6 Å². The van der Waals surface area contributed by atoms with E-state index in [1.807, 2.05) is 5.38 Å². The molecule has 1 N–H and O–H groups in total. The molecule has 0 unspecified atom stereocenters. The van der Waals surface area contributed by atoms with Crippen LogP contribution in [0.25, 0.3) is 10.2 Å². The van der Waals surface area contributed by atoms with Gasteiger partial charge < -0.3 is 14.6 Å². The molecule has 0 radical (unpaired) electrons. The van der Waals surface area contributed by atoms with E-state index in [4.69, 9.17) is 9.26 Å². The summed E-state index contributed by atoms with van der Waals surface area (Å²) in [4.78, 5) is 34.5. The van der Waals surface area contributed by atoms with Gasteiger partial charge in [0.2, 0.25) is 5.89 Å². The third-order valence-electron chi connectivity index (χ3n) is 4.03. The minimum Gasteiger partial charge on any atom is -0.444 e. The van der Waals surface area contributed by atoms with Gasteiger partial charge in [0.05, 0.1) is 11.1 Å². The summed E-state index contributed by atoms with van der Waals surface area (Å²) in [5.41, 5.74) is -1.62. The second kappa shape index (κ2) is 8.83. The molecule has 9 nitrogen and oxygen atoms in total. The number of carbonyl (C=O) groups is 1. The van der Waals surface area contributed by atoms with Crippen molar-refractivity contribution in [2.45, 2.75) is 63.2 Å². The zero-order chi connectivity index (χ0) is 22.8. The fourth-order valence-electron chi connectivity index (χ4n) is 2.64. The molecule has 0 spiro atoms. The van der Waals surface area contributed by atoms with Crippen molar-refractivity contribution in [3.63, 3.8) is 0 Å². The van der Waals surface area contributed by atoms with Gasteiger partial charge in [0.1, 0.15) is 16.0 Å². The summed E-state index contributed by atoms with van der Waals surface area (Å²) in [5.74, 6) is 0.986. The van der Waals surface area contributed by atoms with Crippen LogP contribution in [0.1, 0.15) is 46.3 Å². The van der Waals surface area contributed by atoms with Crippen LogP contribution >= 0.6 is 23.1 Å². The number of hydrogen-bond acceptors (Lipinski definition) is 9. The number of thioether (sulfide) groups is 1. The third-order valence-corrected chi connectivity index (χ3v) is 5.79. The molecule has 3 heterocycles. The summed E-state index contributed by atoms with van der Waals surface area (Å²) in [6.07, 6.45) is 1.08. The Bertz CT molecular complexity index is 1160. The first-order chi connectivity index (χ1) is 14.5. The molecule has 3 aromatic rings. The first-order valence-corrected chi connectivity index (χ1v) is 11.4. The Labute approximate surface area is 187 Å². The molecule has 0 bridgehead atoms. The van der Waals surface area contributed by atoms with E-state index in [1.165, 1.54) is 23.1 Å². The maximum absolute atomic E-state index is 12.7. The number of rotatable bonds is 7. The highest BCUT2D eigenvalue weighted by Gasteiger charge is 2.31. The van der Waals surface area contributed by atoms with Crippen LogP contribution in [0.4, 0.5) is 4.79 Å². The van der Waals surface area contributed by atoms with E-state index >= 15 is 0 Å². The fraction of sp³-hybridized carbons (Fsp3) is 0.450. The lowest BCUT2D eigenvalue weighted by atomic mass is 10.1. The van der Waals surface area contributed by atoms with E-state index in [2.05, 4.69) is 27.0 Å². The fourth-order valence-corrected chi connectivity index (χ4v) is 4.29. The summed E-state index contributed by atoms with van der Waals surface area (Å²) in [6.45, 7) is 12.9. The number of alkyl carbamates (subject to hydrolysis) is 1. The van der Waals surface area contributed by atoms with Gasteiger partial charge in [-0.1, -0.05) is 23.0 Å². The lowest BCUT2D eigenvalue weighted by Gasteiger charge is -2.26. The standard InChI is InChI=1S/C20H25N5O4S2/c1-7-9-25-15(26)12-8-10-30-14(12)22-17(25)31-11-13-21-16(24-29-13)20(5,6)23-18(27)28-19(2,3)4/h7-8,10H,1,9,11H2,2-6H3,(H,23,27). The third kappa shape index (κ3) is 5.53. The normalized spacial score (nSPS) is 12.2. The van der Waals surface area contributed by atoms with Crippen LogP contribution in [0.3, 0.4) is 0 Å².